The Bertz CT molecular complexity index is 3290. The van der Waals surface area contributed by atoms with Gasteiger partial charge in [-0.1, -0.05) is 98.6 Å². The molecule has 14 atom stereocenters. The Morgan fingerprint density at radius 3 is 2.45 bits per heavy atom. The van der Waals surface area contributed by atoms with Crippen LogP contribution in [0.5, 0.6) is 0 Å². The topological polar surface area (TPSA) is 197 Å². The normalized spacial score (nSPS) is 47.6. The van der Waals surface area contributed by atoms with Gasteiger partial charge in [0.05, 0.1) is 5.54 Å². The summed E-state index contributed by atoms with van der Waals surface area (Å²) < 4.78 is 0. The number of aliphatic hydroxyl groups is 3. The van der Waals surface area contributed by atoms with Crippen LogP contribution in [0.2, 0.25) is 0 Å². The van der Waals surface area contributed by atoms with Crippen LogP contribution in [0.15, 0.2) is 116 Å². The molecule has 8 N–H and O–H groups in total. The Hall–Kier alpha value is -5.34. The van der Waals surface area contributed by atoms with Crippen molar-refractivity contribution in [1.29, 1.82) is 0 Å². The van der Waals surface area contributed by atoms with Crippen LogP contribution in [0.25, 0.3) is 6.08 Å². The molecule has 6 bridgehead atoms. The van der Waals surface area contributed by atoms with Gasteiger partial charge in [0.2, 0.25) is 0 Å². The number of aliphatic imine (C=N–C) groups is 1. The van der Waals surface area contributed by atoms with E-state index in [1.807, 2.05) is 6.08 Å². The smallest absolute Gasteiger partial charge is 0.331 e. The summed E-state index contributed by atoms with van der Waals surface area (Å²) in [6, 6.07) is 8.47. The molecule has 376 valence electrons. The molecule has 14 unspecified atom stereocenters. The van der Waals surface area contributed by atoms with Crippen LogP contribution >= 0.6 is 0 Å². The maximum atomic E-state index is 16.9. The number of carboxylic acids is 1. The molecule has 4 spiro atoms. The molecule has 5 saturated carbocycles. The van der Waals surface area contributed by atoms with Gasteiger partial charge in [-0.2, -0.15) is 0 Å². The number of benzene rings is 1. The highest BCUT2D eigenvalue weighted by Crippen LogP contribution is 2.92. The van der Waals surface area contributed by atoms with E-state index in [0.29, 0.717) is 80.1 Å². The average molecular weight is 978 g/mol. The van der Waals surface area contributed by atoms with Crippen LogP contribution < -0.4 is 11.5 Å². The number of allylic oxidation sites excluding steroid dienone is 6. The summed E-state index contributed by atoms with van der Waals surface area (Å²) in [5, 5.41) is 56.8. The molecule has 1 aromatic carbocycles. The van der Waals surface area contributed by atoms with E-state index in [1.165, 1.54) is 5.56 Å². The third-order valence-electron chi connectivity index (χ3n) is 24.1. The summed E-state index contributed by atoms with van der Waals surface area (Å²) in [4.78, 5) is 50.7. The number of ketones is 2. The molecule has 10 nitrogen and oxygen atoms in total. The number of Topliss-reactive ketones (excluding diaryl/α,β-unsaturated/α-hetero) is 2. The van der Waals surface area contributed by atoms with Gasteiger partial charge in [-0.3, -0.25) is 9.59 Å². The second kappa shape index (κ2) is 13.5. The van der Waals surface area contributed by atoms with Gasteiger partial charge < -0.3 is 31.9 Å². The van der Waals surface area contributed by atoms with Crippen LogP contribution in [0, 0.1) is 73.9 Å². The van der Waals surface area contributed by atoms with Crippen LogP contribution in [0.1, 0.15) is 135 Å². The molecule has 73 heavy (non-hydrogen) atoms. The fourth-order valence-electron chi connectivity index (χ4n) is 22.3. The Morgan fingerprint density at radius 2 is 1.67 bits per heavy atom. The zero-order chi connectivity index (χ0) is 50.5. The molecule has 0 radical (unpaired) electrons. The van der Waals surface area contributed by atoms with E-state index in [9.17, 15) is 15.0 Å². The van der Waals surface area contributed by atoms with Crippen molar-refractivity contribution in [3.63, 3.8) is 0 Å². The van der Waals surface area contributed by atoms with Crippen molar-refractivity contribution in [3.8, 4) is 11.8 Å². The fourth-order valence-corrected chi connectivity index (χ4v) is 22.3. The van der Waals surface area contributed by atoms with Crippen LogP contribution in [-0.4, -0.2) is 66.3 Å². The second-order valence-electron chi connectivity index (χ2n) is 26.2. The third kappa shape index (κ3) is 4.54. The van der Waals surface area contributed by atoms with Gasteiger partial charge in [0, 0.05) is 81.7 Å². The summed E-state index contributed by atoms with van der Waals surface area (Å²) in [7, 11) is 0. The summed E-state index contributed by atoms with van der Waals surface area (Å²) in [5.41, 5.74) is 9.40. The van der Waals surface area contributed by atoms with Crippen molar-refractivity contribution >= 4 is 29.6 Å². The first-order valence-corrected chi connectivity index (χ1v) is 27.6. The minimum absolute atomic E-state index is 0.0193. The standard InChI is InChI=1S/C63H67N3O7/c1-34(52(69)70)40-18-27-57(66-53(64)65)28-29-59-47-44-37-16-17-41(44)62(40,72)51(57)50(59)56(21-9-10-22-56)23-11-24-58(59)33-42(67)46-49-60(71)32-39(31-37)63(47,73)61(49,58)25-8-4-7-20-54(2)43(68)19-26-55(46,3)48(54)45(60)38-15-14-35-12-5-6-13-36(35)30-38/h5-6,11-13,17,23,28-30,32,45,47-48,50-51,71-73H,8-10,14-16,18-22,24-27,31,33H2,1-3H3,(H,69,70)(H4,64,65,66). The summed E-state index contributed by atoms with van der Waals surface area (Å²) in [6.45, 7) is 5.93. The number of hydrogen-bond acceptors (Lipinski definition) is 7. The van der Waals surface area contributed by atoms with E-state index in [-0.39, 0.29) is 42.4 Å². The number of carbonyl (C=O) groups is 3. The van der Waals surface area contributed by atoms with Gasteiger partial charge in [0.1, 0.15) is 22.6 Å². The zero-order valence-electron chi connectivity index (χ0n) is 42.4. The van der Waals surface area contributed by atoms with Crippen LogP contribution in [-0.2, 0) is 20.8 Å². The molecular formula is C63H67N3O7. The Labute approximate surface area is 427 Å². The Morgan fingerprint density at radius 1 is 0.877 bits per heavy atom. The predicted octanol–water partition coefficient (Wildman–Crippen LogP) is 8.39. The number of nitrogens with two attached hydrogens (primary N) is 2. The largest absolute Gasteiger partial charge is 0.478 e. The number of rotatable bonds is 3. The first kappa shape index (κ1) is 45.1. The highest BCUT2D eigenvalue weighted by atomic mass is 16.4. The lowest BCUT2D eigenvalue weighted by atomic mass is 9.31. The molecule has 0 aromatic heterocycles. The summed E-state index contributed by atoms with van der Waals surface area (Å²) in [5.74, 6) is 3.05. The molecule has 0 heterocycles. The molecule has 10 heteroatoms. The van der Waals surface area contributed by atoms with Gasteiger partial charge in [0.25, 0.3) is 0 Å². The van der Waals surface area contributed by atoms with E-state index in [2.05, 4.69) is 86.4 Å². The van der Waals surface area contributed by atoms with Gasteiger partial charge in [-0.05, 0) is 140 Å². The maximum absolute atomic E-state index is 16.9. The molecule has 14 aliphatic carbocycles. The van der Waals surface area contributed by atoms with Crippen LogP contribution in [0.3, 0.4) is 0 Å². The number of fused-ring (bicyclic) bond motifs is 3. The summed E-state index contributed by atoms with van der Waals surface area (Å²) >= 11 is 0. The highest BCUT2D eigenvalue weighted by molar-refractivity contribution is 6.03. The first-order chi connectivity index (χ1) is 34.8. The van der Waals surface area contributed by atoms with Crippen molar-refractivity contribution < 1.29 is 34.8 Å². The predicted molar refractivity (Wildman–Crippen MR) is 275 cm³/mol. The van der Waals surface area contributed by atoms with E-state index in [4.69, 9.17) is 16.5 Å². The quantitative estimate of drug-likeness (QED) is 0.0567. The Balaban J connectivity index is 1.15. The van der Waals surface area contributed by atoms with E-state index in [1.54, 1.807) is 6.92 Å². The van der Waals surface area contributed by atoms with E-state index in [0.717, 1.165) is 60.0 Å². The van der Waals surface area contributed by atoms with Crippen molar-refractivity contribution in [3.05, 3.63) is 122 Å². The molecule has 15 rings (SSSR count). The molecule has 0 amide bonds. The van der Waals surface area contributed by atoms with Crippen LogP contribution in [0.4, 0.5) is 0 Å². The SMILES string of the molecule is CC(C(=O)O)=C1CCC2(N=C(N)N)C=CC34C5C2C1(O)C1=CCC2=C1C3C1(O)C(=CC3(O)C6=C7C(=O)CC4(CC=CC54CCCC4)C61CCC#CCC1(C)C(=O)CCC7(C)C1C3C1=Cc3ccccc3CC1)C2. The second-order valence-corrected chi connectivity index (χ2v) is 26.2. The van der Waals surface area contributed by atoms with Crippen molar-refractivity contribution in [2.24, 2.45) is 78.5 Å². The lowest BCUT2D eigenvalue weighted by molar-refractivity contribution is -0.181. The first-order valence-electron chi connectivity index (χ1n) is 27.6. The molecule has 0 aliphatic heterocycles. The highest BCUT2D eigenvalue weighted by Gasteiger charge is 2.93. The molecule has 1 aromatic rings. The fraction of sp³-hybridized carbons (Fsp3) is 0.556. The molecule has 5 fully saturated rings. The van der Waals surface area contributed by atoms with E-state index < -0.39 is 90.4 Å². The molecule has 14 aliphatic rings. The lowest BCUT2D eigenvalue weighted by Gasteiger charge is -2.72. The summed E-state index contributed by atoms with van der Waals surface area (Å²) in [6.07, 6.45) is 24.4. The number of nitrogens with zero attached hydrogens (tertiary/aromatic N) is 1. The number of hydrogen-bond donors (Lipinski definition) is 6. The van der Waals surface area contributed by atoms with Crippen molar-refractivity contribution in [2.45, 2.75) is 152 Å². The van der Waals surface area contributed by atoms with Gasteiger partial charge in [-0.25, -0.2) is 9.79 Å². The number of aliphatic carboxylic acids is 1. The zero-order valence-corrected chi connectivity index (χ0v) is 42.4. The lowest BCUT2D eigenvalue weighted by Crippen LogP contribution is -2.73. The molecular weight excluding hydrogens is 911 g/mol. The van der Waals surface area contributed by atoms with Crippen molar-refractivity contribution in [1.82, 2.24) is 0 Å². The number of guanidine groups is 1. The van der Waals surface area contributed by atoms with E-state index >= 15 is 19.8 Å². The third-order valence-corrected chi connectivity index (χ3v) is 24.1. The van der Waals surface area contributed by atoms with Gasteiger partial charge >= 0.3 is 5.97 Å². The number of carboxylic acid groups (broad SMARTS) is 1. The number of carbonyl (C=O) groups excluding carboxylic acids is 2. The molecule has 0 saturated heterocycles. The average Bonchev–Trinajstić information content (AvgIpc) is 4.18. The van der Waals surface area contributed by atoms with Crippen molar-refractivity contribution in [2.75, 3.05) is 0 Å². The Kier molecular flexibility index (Phi) is 8.37. The maximum Gasteiger partial charge on any atom is 0.331 e. The minimum atomic E-state index is -1.86. The van der Waals surface area contributed by atoms with Gasteiger partial charge in [-0.15, -0.1) is 11.8 Å². The number of aryl methyl sites for hydroxylation is 1. The van der Waals surface area contributed by atoms with Gasteiger partial charge in [0.15, 0.2) is 11.7 Å². The minimum Gasteiger partial charge on any atom is -0.478 e. The monoisotopic (exact) mass is 977 g/mol.